The van der Waals surface area contributed by atoms with Gasteiger partial charge in [-0.3, -0.25) is 4.79 Å². The van der Waals surface area contributed by atoms with Gasteiger partial charge in [0.15, 0.2) is 0 Å². The van der Waals surface area contributed by atoms with Crippen LogP contribution in [-0.4, -0.2) is 17.4 Å². The first kappa shape index (κ1) is 12.2. The fraction of sp³-hybridized carbons (Fsp3) is 0.533. The lowest BCUT2D eigenvalue weighted by atomic mass is 10.1. The molecule has 1 aliphatic heterocycles. The molecule has 0 fully saturated rings. The van der Waals surface area contributed by atoms with Crippen LogP contribution in [0.15, 0.2) is 24.3 Å². The highest BCUT2D eigenvalue weighted by Gasteiger charge is 2.25. The van der Waals surface area contributed by atoms with Crippen LogP contribution in [0.4, 0.5) is 0 Å². The minimum absolute atomic E-state index is 0.219. The van der Waals surface area contributed by atoms with Gasteiger partial charge in [-0.15, -0.1) is 0 Å². The Hall–Kier alpha value is -1.31. The Bertz CT molecular complexity index is 386. The van der Waals surface area contributed by atoms with Crippen LogP contribution in [0.5, 0.6) is 0 Å². The standard InChI is InChI=1S/C15H21NO/c1-2-3-4-5-8-11-16-12-13-9-6-7-10-14(13)15(16)17/h6-7,9-10H,2-5,8,11-12H2,1H3. The van der Waals surface area contributed by atoms with Crippen molar-refractivity contribution in [2.45, 2.75) is 45.6 Å². The van der Waals surface area contributed by atoms with E-state index < -0.39 is 0 Å². The first-order valence-corrected chi connectivity index (χ1v) is 6.70. The average molecular weight is 231 g/mol. The predicted molar refractivity (Wildman–Crippen MR) is 69.9 cm³/mol. The van der Waals surface area contributed by atoms with Crippen LogP contribution >= 0.6 is 0 Å². The normalized spacial score (nSPS) is 14.2. The van der Waals surface area contributed by atoms with Crippen LogP contribution in [0.25, 0.3) is 0 Å². The van der Waals surface area contributed by atoms with Gasteiger partial charge in [0.1, 0.15) is 0 Å². The summed E-state index contributed by atoms with van der Waals surface area (Å²) in [4.78, 5) is 14.0. The maximum absolute atomic E-state index is 12.0. The van der Waals surface area contributed by atoms with E-state index in [1.807, 2.05) is 23.1 Å². The summed E-state index contributed by atoms with van der Waals surface area (Å²) in [5, 5.41) is 0. The third-order valence-electron chi connectivity index (χ3n) is 3.43. The minimum atomic E-state index is 0.219. The van der Waals surface area contributed by atoms with Crippen LogP contribution in [0.3, 0.4) is 0 Å². The van der Waals surface area contributed by atoms with Crippen molar-refractivity contribution >= 4 is 5.91 Å². The summed E-state index contributed by atoms with van der Waals surface area (Å²) < 4.78 is 0. The number of fused-ring (bicyclic) bond motifs is 1. The highest BCUT2D eigenvalue weighted by molar-refractivity contribution is 5.98. The number of hydrogen-bond acceptors (Lipinski definition) is 1. The van der Waals surface area contributed by atoms with Crippen LogP contribution in [0.2, 0.25) is 0 Å². The highest BCUT2D eigenvalue weighted by Crippen LogP contribution is 2.22. The second-order valence-electron chi connectivity index (χ2n) is 4.80. The molecule has 2 nitrogen and oxygen atoms in total. The van der Waals surface area contributed by atoms with Crippen molar-refractivity contribution in [3.8, 4) is 0 Å². The van der Waals surface area contributed by atoms with Gasteiger partial charge < -0.3 is 4.90 Å². The summed E-state index contributed by atoms with van der Waals surface area (Å²) >= 11 is 0. The summed E-state index contributed by atoms with van der Waals surface area (Å²) in [7, 11) is 0. The molecule has 0 unspecified atom stereocenters. The molecule has 17 heavy (non-hydrogen) atoms. The summed E-state index contributed by atoms with van der Waals surface area (Å²) in [5.74, 6) is 0.219. The fourth-order valence-corrected chi connectivity index (χ4v) is 2.40. The van der Waals surface area contributed by atoms with E-state index in [2.05, 4.69) is 13.0 Å². The van der Waals surface area contributed by atoms with Gasteiger partial charge in [-0.2, -0.15) is 0 Å². The Balaban J connectivity index is 1.80. The van der Waals surface area contributed by atoms with Crippen LogP contribution in [0.1, 0.15) is 54.9 Å². The summed E-state index contributed by atoms with van der Waals surface area (Å²) in [6, 6.07) is 7.96. The summed E-state index contributed by atoms with van der Waals surface area (Å²) in [6.45, 7) is 3.95. The van der Waals surface area contributed by atoms with E-state index in [0.717, 1.165) is 25.1 Å². The van der Waals surface area contributed by atoms with Gasteiger partial charge in [-0.1, -0.05) is 50.8 Å². The topological polar surface area (TPSA) is 20.3 Å². The number of nitrogens with zero attached hydrogens (tertiary/aromatic N) is 1. The summed E-state index contributed by atoms with van der Waals surface area (Å²) in [6.07, 6.45) is 6.27. The molecule has 0 radical (unpaired) electrons. The monoisotopic (exact) mass is 231 g/mol. The number of unbranched alkanes of at least 4 members (excludes halogenated alkanes) is 4. The van der Waals surface area contributed by atoms with Gasteiger partial charge in [0.25, 0.3) is 5.91 Å². The molecular formula is C15H21NO. The number of carbonyl (C=O) groups excluding carboxylic acids is 1. The average Bonchev–Trinajstić information content (AvgIpc) is 2.67. The molecule has 0 aliphatic carbocycles. The van der Waals surface area contributed by atoms with Gasteiger partial charge in [0, 0.05) is 18.7 Å². The molecule has 2 rings (SSSR count). The van der Waals surface area contributed by atoms with E-state index in [4.69, 9.17) is 0 Å². The number of carbonyl (C=O) groups is 1. The Morgan fingerprint density at radius 2 is 1.88 bits per heavy atom. The Morgan fingerprint density at radius 1 is 1.12 bits per heavy atom. The number of benzene rings is 1. The Morgan fingerprint density at radius 3 is 2.65 bits per heavy atom. The zero-order chi connectivity index (χ0) is 12.1. The van der Waals surface area contributed by atoms with Gasteiger partial charge in [-0.25, -0.2) is 0 Å². The second-order valence-corrected chi connectivity index (χ2v) is 4.80. The molecule has 92 valence electrons. The van der Waals surface area contributed by atoms with E-state index in [-0.39, 0.29) is 5.91 Å². The molecule has 0 saturated heterocycles. The zero-order valence-corrected chi connectivity index (χ0v) is 10.6. The van der Waals surface area contributed by atoms with E-state index >= 15 is 0 Å². The highest BCUT2D eigenvalue weighted by atomic mass is 16.2. The molecule has 0 atom stereocenters. The van der Waals surface area contributed by atoms with Crippen molar-refractivity contribution in [3.05, 3.63) is 35.4 Å². The number of amides is 1. The largest absolute Gasteiger partial charge is 0.334 e. The van der Waals surface area contributed by atoms with Crippen LogP contribution < -0.4 is 0 Å². The molecule has 1 aromatic carbocycles. The molecule has 1 amide bonds. The van der Waals surface area contributed by atoms with Gasteiger partial charge in [0.05, 0.1) is 0 Å². The Kier molecular flexibility index (Phi) is 4.18. The van der Waals surface area contributed by atoms with E-state index in [0.29, 0.717) is 0 Å². The maximum atomic E-state index is 12.0. The van der Waals surface area contributed by atoms with Gasteiger partial charge in [-0.05, 0) is 18.1 Å². The molecule has 0 spiro atoms. The first-order chi connectivity index (χ1) is 8.33. The minimum Gasteiger partial charge on any atom is -0.334 e. The molecular weight excluding hydrogens is 210 g/mol. The molecule has 1 aromatic rings. The lowest BCUT2D eigenvalue weighted by molar-refractivity contribution is 0.0775. The number of rotatable bonds is 6. The van der Waals surface area contributed by atoms with E-state index in [9.17, 15) is 4.79 Å². The molecule has 0 saturated carbocycles. The lowest BCUT2D eigenvalue weighted by Crippen LogP contribution is -2.24. The summed E-state index contributed by atoms with van der Waals surface area (Å²) in [5.41, 5.74) is 2.09. The molecule has 0 N–H and O–H groups in total. The SMILES string of the molecule is CCCCCCCN1Cc2ccccc2C1=O. The zero-order valence-electron chi connectivity index (χ0n) is 10.6. The molecule has 2 heteroatoms. The predicted octanol–water partition coefficient (Wildman–Crippen LogP) is 3.61. The first-order valence-electron chi connectivity index (χ1n) is 6.70. The van der Waals surface area contributed by atoms with Crippen molar-refractivity contribution in [2.75, 3.05) is 6.54 Å². The fourth-order valence-electron chi connectivity index (χ4n) is 2.40. The molecule has 1 aliphatic rings. The van der Waals surface area contributed by atoms with Crippen LogP contribution in [0, 0.1) is 0 Å². The number of hydrogen-bond donors (Lipinski definition) is 0. The smallest absolute Gasteiger partial charge is 0.254 e. The lowest BCUT2D eigenvalue weighted by Gasteiger charge is -2.15. The van der Waals surface area contributed by atoms with Crippen LogP contribution in [-0.2, 0) is 6.54 Å². The Labute approximate surface area is 104 Å². The van der Waals surface area contributed by atoms with Crippen molar-refractivity contribution in [1.29, 1.82) is 0 Å². The molecule has 0 aromatic heterocycles. The van der Waals surface area contributed by atoms with Gasteiger partial charge in [0.2, 0.25) is 0 Å². The van der Waals surface area contributed by atoms with Crippen molar-refractivity contribution in [3.63, 3.8) is 0 Å². The third kappa shape index (κ3) is 2.87. The quantitative estimate of drug-likeness (QED) is 0.685. The van der Waals surface area contributed by atoms with Gasteiger partial charge >= 0.3 is 0 Å². The maximum Gasteiger partial charge on any atom is 0.254 e. The van der Waals surface area contributed by atoms with Crippen molar-refractivity contribution in [2.24, 2.45) is 0 Å². The second kappa shape index (κ2) is 5.85. The van der Waals surface area contributed by atoms with Crippen molar-refractivity contribution < 1.29 is 4.79 Å². The van der Waals surface area contributed by atoms with Crippen molar-refractivity contribution in [1.82, 2.24) is 4.90 Å². The molecule has 0 bridgehead atoms. The van der Waals surface area contributed by atoms with E-state index in [1.165, 1.54) is 31.2 Å². The molecule has 1 heterocycles. The van der Waals surface area contributed by atoms with E-state index in [1.54, 1.807) is 0 Å². The third-order valence-corrected chi connectivity index (χ3v) is 3.43.